The molecule has 0 aliphatic rings. The second-order valence-corrected chi connectivity index (χ2v) is 12.8. The van der Waals surface area contributed by atoms with Crippen molar-refractivity contribution in [3.63, 3.8) is 0 Å². The summed E-state index contributed by atoms with van der Waals surface area (Å²) in [6.45, 7) is 5.69. The van der Waals surface area contributed by atoms with Crippen molar-refractivity contribution in [2.75, 3.05) is 23.7 Å². The Bertz CT molecular complexity index is 1680. The van der Waals surface area contributed by atoms with E-state index in [0.29, 0.717) is 28.1 Å². The number of ether oxygens (including phenoxy) is 1. The van der Waals surface area contributed by atoms with Crippen molar-refractivity contribution >= 4 is 62.8 Å². The van der Waals surface area contributed by atoms with Crippen LogP contribution in [0.25, 0.3) is 5.69 Å². The van der Waals surface area contributed by atoms with Gasteiger partial charge in [-0.3, -0.25) is 9.10 Å². The summed E-state index contributed by atoms with van der Waals surface area (Å²) in [4.78, 5) is 14.0. The zero-order valence-electron chi connectivity index (χ0n) is 23.5. The highest BCUT2D eigenvalue weighted by Gasteiger charge is 2.27. The molecular weight excluding hydrogens is 615 g/mol. The minimum Gasteiger partial charge on any atom is -0.494 e. The summed E-state index contributed by atoms with van der Waals surface area (Å²) >= 11 is 13.9. The minimum absolute atomic E-state index is 0.0686. The van der Waals surface area contributed by atoms with Gasteiger partial charge in [0.25, 0.3) is 15.9 Å². The maximum atomic E-state index is 13.7. The number of benzene rings is 3. The van der Waals surface area contributed by atoms with Crippen LogP contribution in [0.1, 0.15) is 23.9 Å². The number of carbonyl (C=O) groups excluding carboxylic acids is 1. The van der Waals surface area contributed by atoms with E-state index in [2.05, 4.69) is 10.5 Å². The normalized spacial score (nSPS) is 11.6. The molecule has 220 valence electrons. The van der Waals surface area contributed by atoms with Crippen molar-refractivity contribution in [1.29, 1.82) is 0 Å². The maximum absolute atomic E-state index is 13.7. The summed E-state index contributed by atoms with van der Waals surface area (Å²) in [6.07, 6.45) is 3.42. The molecule has 0 bridgehead atoms. The number of nitrogens with zero attached hydrogens (tertiary/aromatic N) is 3. The van der Waals surface area contributed by atoms with Gasteiger partial charge in [-0.05, 0) is 99.8 Å². The predicted octanol–water partition coefficient (Wildman–Crippen LogP) is 6.87. The average molecular weight is 646 g/mol. The highest BCUT2D eigenvalue weighted by Crippen LogP contribution is 2.28. The SMILES string of the molecule is CCOc1ccc(N(CC(=O)N/N=C/c2cc(C)n(-c3cc(Cl)cc(Cl)c3)c2C)S(=O)(=O)c2ccc(SC)cc2)cc1. The zero-order valence-corrected chi connectivity index (χ0v) is 26.6. The molecule has 0 aliphatic carbocycles. The topological polar surface area (TPSA) is 93.0 Å². The van der Waals surface area contributed by atoms with Gasteiger partial charge >= 0.3 is 0 Å². The number of rotatable bonds is 11. The second-order valence-electron chi connectivity index (χ2n) is 9.20. The molecule has 0 aliphatic heterocycles. The van der Waals surface area contributed by atoms with E-state index in [-0.39, 0.29) is 4.90 Å². The molecule has 1 N–H and O–H groups in total. The van der Waals surface area contributed by atoms with Crippen LogP contribution in [0, 0.1) is 13.8 Å². The van der Waals surface area contributed by atoms with Gasteiger partial charge in [0.1, 0.15) is 12.3 Å². The van der Waals surface area contributed by atoms with E-state index in [1.807, 2.05) is 37.7 Å². The van der Waals surface area contributed by atoms with Crippen molar-refractivity contribution in [3.8, 4) is 11.4 Å². The Hall–Kier alpha value is -3.44. The van der Waals surface area contributed by atoms with Crippen LogP contribution in [0.15, 0.2) is 87.7 Å². The van der Waals surface area contributed by atoms with Crippen LogP contribution < -0.4 is 14.5 Å². The van der Waals surface area contributed by atoms with E-state index in [9.17, 15) is 13.2 Å². The van der Waals surface area contributed by atoms with Gasteiger partial charge in [-0.15, -0.1) is 11.8 Å². The fourth-order valence-electron chi connectivity index (χ4n) is 4.39. The van der Waals surface area contributed by atoms with Gasteiger partial charge < -0.3 is 9.30 Å². The van der Waals surface area contributed by atoms with E-state index >= 15 is 0 Å². The molecule has 4 aromatic rings. The summed E-state index contributed by atoms with van der Waals surface area (Å²) in [6, 6.07) is 20.2. The average Bonchev–Trinajstić information content (AvgIpc) is 3.24. The molecule has 0 unspecified atom stereocenters. The quantitative estimate of drug-likeness (QED) is 0.109. The van der Waals surface area contributed by atoms with Gasteiger partial charge in [0, 0.05) is 37.6 Å². The summed E-state index contributed by atoms with van der Waals surface area (Å²) in [5, 5.41) is 5.14. The first kappa shape index (κ1) is 31.5. The van der Waals surface area contributed by atoms with Gasteiger partial charge in [-0.25, -0.2) is 13.8 Å². The van der Waals surface area contributed by atoms with Crippen LogP contribution in [0.3, 0.4) is 0 Å². The molecule has 0 radical (unpaired) electrons. The fraction of sp³-hybridized carbons (Fsp3) is 0.200. The predicted molar refractivity (Wildman–Crippen MR) is 171 cm³/mol. The van der Waals surface area contributed by atoms with Gasteiger partial charge in [-0.2, -0.15) is 5.10 Å². The highest BCUT2D eigenvalue weighted by atomic mass is 35.5. The third kappa shape index (κ3) is 7.30. The largest absolute Gasteiger partial charge is 0.494 e. The summed E-state index contributed by atoms with van der Waals surface area (Å²) < 4.78 is 35.9. The number of aromatic nitrogens is 1. The molecule has 0 spiro atoms. The van der Waals surface area contributed by atoms with Crippen molar-refractivity contribution in [1.82, 2.24) is 9.99 Å². The first-order chi connectivity index (χ1) is 20.0. The second kappa shape index (κ2) is 13.7. The smallest absolute Gasteiger partial charge is 0.264 e. The van der Waals surface area contributed by atoms with E-state index < -0.39 is 22.5 Å². The maximum Gasteiger partial charge on any atom is 0.264 e. The summed E-state index contributed by atoms with van der Waals surface area (Å²) in [5.74, 6) is -0.0190. The number of hydrazone groups is 1. The number of halogens is 2. The van der Waals surface area contributed by atoms with Crippen LogP contribution in [0.2, 0.25) is 10.0 Å². The van der Waals surface area contributed by atoms with E-state index in [0.717, 1.165) is 31.8 Å². The molecule has 4 rings (SSSR count). The Kier molecular flexibility index (Phi) is 10.3. The van der Waals surface area contributed by atoms with Crippen LogP contribution >= 0.6 is 35.0 Å². The number of amides is 1. The van der Waals surface area contributed by atoms with Gasteiger partial charge in [0.05, 0.1) is 23.4 Å². The lowest BCUT2D eigenvalue weighted by atomic mass is 10.2. The fourth-order valence-corrected chi connectivity index (χ4v) is 6.73. The molecule has 1 aromatic heterocycles. The van der Waals surface area contributed by atoms with Crippen LogP contribution in [0.4, 0.5) is 5.69 Å². The Morgan fingerprint density at radius 1 is 1.02 bits per heavy atom. The van der Waals surface area contributed by atoms with Gasteiger partial charge in [0.2, 0.25) is 0 Å². The third-order valence-corrected chi connectivity index (χ3v) is 9.31. The van der Waals surface area contributed by atoms with Crippen LogP contribution in [-0.4, -0.2) is 44.5 Å². The number of anilines is 1. The number of hydrogen-bond acceptors (Lipinski definition) is 6. The van der Waals surface area contributed by atoms with E-state index in [4.69, 9.17) is 27.9 Å². The van der Waals surface area contributed by atoms with E-state index in [1.54, 1.807) is 54.6 Å². The van der Waals surface area contributed by atoms with E-state index in [1.165, 1.54) is 30.1 Å². The Balaban J connectivity index is 1.56. The first-order valence-electron chi connectivity index (χ1n) is 12.9. The Labute approximate surface area is 260 Å². The molecular formula is C30H30Cl2N4O4S2. The highest BCUT2D eigenvalue weighted by molar-refractivity contribution is 7.98. The standard InChI is InChI=1S/C30H30Cl2N4O4S2/c1-5-40-27-8-6-25(7-9-27)35(42(38,39)29-12-10-28(41-4)11-13-29)19-30(37)34-33-18-22-14-20(2)36(21(22)3)26-16-23(31)15-24(32)17-26/h6-18H,5,19H2,1-4H3,(H,34,37)/b33-18+. The molecule has 1 amide bonds. The van der Waals surface area contributed by atoms with Gasteiger partial charge in [-0.1, -0.05) is 23.2 Å². The molecule has 0 atom stereocenters. The minimum atomic E-state index is -4.08. The van der Waals surface area contributed by atoms with Crippen molar-refractivity contribution in [3.05, 3.63) is 99.8 Å². The number of aryl methyl sites for hydroxylation is 1. The van der Waals surface area contributed by atoms with Crippen molar-refractivity contribution < 1.29 is 17.9 Å². The number of thioether (sulfide) groups is 1. The van der Waals surface area contributed by atoms with Gasteiger partial charge in [0.15, 0.2) is 0 Å². The first-order valence-corrected chi connectivity index (χ1v) is 16.3. The molecule has 0 fully saturated rings. The monoisotopic (exact) mass is 644 g/mol. The lowest BCUT2D eigenvalue weighted by Crippen LogP contribution is -2.39. The number of sulfonamides is 1. The molecule has 42 heavy (non-hydrogen) atoms. The zero-order chi connectivity index (χ0) is 30.4. The summed E-state index contributed by atoms with van der Waals surface area (Å²) in [7, 11) is -4.08. The van der Waals surface area contributed by atoms with Crippen LogP contribution in [-0.2, 0) is 14.8 Å². The summed E-state index contributed by atoms with van der Waals surface area (Å²) in [5.41, 5.74) is 6.11. The molecule has 3 aromatic carbocycles. The number of hydrogen-bond donors (Lipinski definition) is 1. The van der Waals surface area contributed by atoms with Crippen LogP contribution in [0.5, 0.6) is 5.75 Å². The Morgan fingerprint density at radius 3 is 2.26 bits per heavy atom. The Morgan fingerprint density at radius 2 is 1.67 bits per heavy atom. The molecule has 8 nitrogen and oxygen atoms in total. The molecule has 0 saturated carbocycles. The number of nitrogens with one attached hydrogen (secondary N) is 1. The molecule has 0 saturated heterocycles. The molecule has 1 heterocycles. The lowest BCUT2D eigenvalue weighted by Gasteiger charge is -2.24. The molecule has 12 heteroatoms. The number of carbonyl (C=O) groups is 1. The van der Waals surface area contributed by atoms with Crippen molar-refractivity contribution in [2.45, 2.75) is 30.6 Å². The lowest BCUT2D eigenvalue weighted by molar-refractivity contribution is -0.119. The third-order valence-electron chi connectivity index (χ3n) is 6.34. The van der Waals surface area contributed by atoms with Crippen molar-refractivity contribution in [2.24, 2.45) is 5.10 Å².